The number of esters is 1. The Hall–Kier alpha value is -2.02. The van der Waals surface area contributed by atoms with Gasteiger partial charge in [-0.2, -0.15) is 5.10 Å². The Morgan fingerprint density at radius 3 is 2.43 bits per heavy atom. The molecule has 1 rings (SSSR count). The first-order chi connectivity index (χ1) is 10.6. The monoisotopic (exact) mass is 382 g/mol. The molecule has 0 fully saturated rings. The zero-order chi connectivity index (χ0) is 17.6. The van der Waals surface area contributed by atoms with Gasteiger partial charge in [0, 0.05) is 15.5 Å². The van der Waals surface area contributed by atoms with Gasteiger partial charge in [0.25, 0.3) is 5.91 Å². The van der Waals surface area contributed by atoms with E-state index in [9.17, 15) is 14.4 Å². The lowest BCUT2D eigenvalue weighted by Crippen LogP contribution is -2.30. The lowest BCUT2D eigenvalue weighted by molar-refractivity contribution is -0.134. The molecular formula is C16H19BrN2O4. The summed E-state index contributed by atoms with van der Waals surface area (Å²) in [6.07, 6.45) is -0.213. The van der Waals surface area contributed by atoms with Gasteiger partial charge in [-0.3, -0.25) is 9.59 Å². The average Bonchev–Trinajstić information content (AvgIpc) is 2.49. The first kappa shape index (κ1) is 19.0. The van der Waals surface area contributed by atoms with Crippen LogP contribution in [0.4, 0.5) is 0 Å². The molecule has 124 valence electrons. The smallest absolute Gasteiger partial charge is 0.354 e. The number of hydrogen-bond acceptors (Lipinski definition) is 5. The molecule has 0 aliphatic carbocycles. The minimum absolute atomic E-state index is 0.143. The molecule has 0 spiro atoms. The topological polar surface area (TPSA) is 84.8 Å². The molecule has 1 aromatic carbocycles. The Labute approximate surface area is 143 Å². The van der Waals surface area contributed by atoms with Gasteiger partial charge in [-0.1, -0.05) is 42.8 Å². The minimum Gasteiger partial charge on any atom is -0.464 e. The van der Waals surface area contributed by atoms with Crippen LogP contribution >= 0.6 is 15.9 Å². The number of carbonyl (C=O) groups excluding carboxylic acids is 3. The number of Topliss-reactive ketones (excluding diaryl/α,β-unsaturated/α-hetero) is 1. The number of benzene rings is 1. The quantitative estimate of drug-likeness (QED) is 0.481. The third-order valence-electron chi connectivity index (χ3n) is 2.96. The number of hydrogen-bond donors (Lipinski definition) is 1. The van der Waals surface area contributed by atoms with Crippen molar-refractivity contribution in [3.05, 3.63) is 34.3 Å². The summed E-state index contributed by atoms with van der Waals surface area (Å²) in [5.74, 6) is -1.42. The molecule has 1 amide bonds. The highest BCUT2D eigenvalue weighted by Crippen LogP contribution is 2.17. The van der Waals surface area contributed by atoms with Gasteiger partial charge in [-0.15, -0.1) is 0 Å². The molecule has 1 aromatic rings. The molecule has 0 aromatic heterocycles. The van der Waals surface area contributed by atoms with E-state index < -0.39 is 17.3 Å². The molecule has 0 heterocycles. The summed E-state index contributed by atoms with van der Waals surface area (Å²) in [6, 6.07) is 6.70. The Balaban J connectivity index is 2.91. The second kappa shape index (κ2) is 8.01. The first-order valence-electron chi connectivity index (χ1n) is 6.89. The number of methoxy groups -OCH3 is 1. The van der Waals surface area contributed by atoms with Crippen molar-refractivity contribution in [2.75, 3.05) is 7.11 Å². The standard InChI is InChI=1S/C16H19BrN2O4/c1-16(2,3)13(20)9-12(15(22)23-4)18-19-14(21)10-6-5-7-11(17)8-10/h5-8H,9H2,1-4H3,(H,19,21)/b18-12-. The molecule has 6 nitrogen and oxygen atoms in total. The molecule has 7 heteroatoms. The summed E-state index contributed by atoms with van der Waals surface area (Å²) >= 11 is 3.26. The molecule has 0 unspecified atom stereocenters. The van der Waals surface area contributed by atoms with Crippen molar-refractivity contribution in [2.24, 2.45) is 10.5 Å². The molecule has 23 heavy (non-hydrogen) atoms. The fourth-order valence-electron chi connectivity index (χ4n) is 1.50. The maximum atomic E-state index is 12.0. The number of rotatable bonds is 5. The number of carbonyl (C=O) groups is 3. The number of nitrogens with zero attached hydrogens (tertiary/aromatic N) is 1. The predicted molar refractivity (Wildman–Crippen MR) is 90.1 cm³/mol. The maximum absolute atomic E-state index is 12.0. The number of nitrogens with one attached hydrogen (secondary N) is 1. The SMILES string of the molecule is COC(=O)/C(CC(=O)C(C)(C)C)=N\NC(=O)c1cccc(Br)c1. The van der Waals surface area contributed by atoms with E-state index in [1.807, 2.05) is 0 Å². The van der Waals surface area contributed by atoms with Crippen LogP contribution in [0.25, 0.3) is 0 Å². The highest BCUT2D eigenvalue weighted by atomic mass is 79.9. The van der Waals surface area contributed by atoms with Crippen LogP contribution in [-0.4, -0.2) is 30.5 Å². The van der Waals surface area contributed by atoms with Crippen molar-refractivity contribution in [3.8, 4) is 0 Å². The molecule has 1 N–H and O–H groups in total. The Morgan fingerprint density at radius 1 is 1.26 bits per heavy atom. The highest BCUT2D eigenvalue weighted by molar-refractivity contribution is 9.10. The van der Waals surface area contributed by atoms with Crippen LogP contribution in [0.3, 0.4) is 0 Å². The van der Waals surface area contributed by atoms with Gasteiger partial charge in [0.1, 0.15) is 5.78 Å². The molecule has 0 aliphatic heterocycles. The van der Waals surface area contributed by atoms with Gasteiger partial charge < -0.3 is 4.74 Å². The third-order valence-corrected chi connectivity index (χ3v) is 3.46. The van der Waals surface area contributed by atoms with Crippen molar-refractivity contribution < 1.29 is 19.1 Å². The Kier molecular flexibility index (Phi) is 6.62. The van der Waals surface area contributed by atoms with Crippen LogP contribution in [0.15, 0.2) is 33.8 Å². The molecule has 0 bridgehead atoms. The summed E-state index contributed by atoms with van der Waals surface area (Å²) in [4.78, 5) is 35.8. The van der Waals surface area contributed by atoms with Crippen molar-refractivity contribution in [1.82, 2.24) is 5.43 Å². The van der Waals surface area contributed by atoms with Crippen LogP contribution < -0.4 is 5.43 Å². The summed E-state index contributed by atoms with van der Waals surface area (Å²) in [5, 5.41) is 3.76. The Morgan fingerprint density at radius 2 is 1.91 bits per heavy atom. The van der Waals surface area contributed by atoms with E-state index in [1.54, 1.807) is 45.0 Å². The molecule has 0 aliphatic rings. The van der Waals surface area contributed by atoms with Gasteiger partial charge in [-0.25, -0.2) is 10.2 Å². The number of hydrazone groups is 1. The highest BCUT2D eigenvalue weighted by Gasteiger charge is 2.26. The van der Waals surface area contributed by atoms with E-state index in [0.29, 0.717) is 5.56 Å². The molecule has 0 radical (unpaired) electrons. The second-order valence-corrected chi connectivity index (χ2v) is 6.77. The van der Waals surface area contributed by atoms with Crippen LogP contribution in [0.1, 0.15) is 37.6 Å². The van der Waals surface area contributed by atoms with Gasteiger partial charge >= 0.3 is 5.97 Å². The number of amides is 1. The van der Waals surface area contributed by atoms with Crippen molar-refractivity contribution in [1.29, 1.82) is 0 Å². The van der Waals surface area contributed by atoms with Gasteiger partial charge in [-0.05, 0) is 18.2 Å². The normalized spacial score (nSPS) is 11.8. The van der Waals surface area contributed by atoms with E-state index in [-0.39, 0.29) is 17.9 Å². The van der Waals surface area contributed by atoms with Crippen LogP contribution in [0, 0.1) is 5.41 Å². The molecule has 0 saturated carbocycles. The second-order valence-electron chi connectivity index (χ2n) is 5.85. The van der Waals surface area contributed by atoms with Gasteiger partial charge in [0.15, 0.2) is 5.71 Å². The lowest BCUT2D eigenvalue weighted by atomic mass is 9.88. The van der Waals surface area contributed by atoms with Crippen LogP contribution in [0.5, 0.6) is 0 Å². The molecule has 0 saturated heterocycles. The van der Waals surface area contributed by atoms with E-state index in [2.05, 4.69) is 31.2 Å². The summed E-state index contributed by atoms with van der Waals surface area (Å²) in [7, 11) is 1.19. The zero-order valence-corrected chi connectivity index (χ0v) is 15.1. The first-order valence-corrected chi connectivity index (χ1v) is 7.68. The molecular weight excluding hydrogens is 364 g/mol. The summed E-state index contributed by atoms with van der Waals surface area (Å²) < 4.78 is 5.34. The third kappa shape index (κ3) is 5.94. The number of ketones is 1. The van der Waals surface area contributed by atoms with Crippen molar-refractivity contribution in [3.63, 3.8) is 0 Å². The van der Waals surface area contributed by atoms with E-state index in [4.69, 9.17) is 0 Å². The summed E-state index contributed by atoms with van der Waals surface area (Å²) in [6.45, 7) is 5.22. The van der Waals surface area contributed by atoms with Crippen LogP contribution in [-0.2, 0) is 14.3 Å². The minimum atomic E-state index is -0.753. The van der Waals surface area contributed by atoms with E-state index >= 15 is 0 Å². The van der Waals surface area contributed by atoms with Crippen molar-refractivity contribution in [2.45, 2.75) is 27.2 Å². The van der Waals surface area contributed by atoms with Crippen molar-refractivity contribution >= 4 is 39.3 Å². The summed E-state index contributed by atoms with van der Waals surface area (Å²) in [5.41, 5.74) is 1.88. The van der Waals surface area contributed by atoms with Gasteiger partial charge in [0.2, 0.25) is 0 Å². The Bertz CT molecular complexity index is 648. The molecule has 0 atom stereocenters. The van der Waals surface area contributed by atoms with E-state index in [0.717, 1.165) is 4.47 Å². The number of ether oxygens (including phenoxy) is 1. The predicted octanol–water partition coefficient (Wildman–Crippen LogP) is 2.71. The fraction of sp³-hybridized carbons (Fsp3) is 0.375. The largest absolute Gasteiger partial charge is 0.464 e. The average molecular weight is 383 g/mol. The van der Waals surface area contributed by atoms with Crippen LogP contribution in [0.2, 0.25) is 0 Å². The van der Waals surface area contributed by atoms with E-state index in [1.165, 1.54) is 7.11 Å². The fourth-order valence-corrected chi connectivity index (χ4v) is 1.90. The number of halogens is 1. The zero-order valence-electron chi connectivity index (χ0n) is 13.5. The van der Waals surface area contributed by atoms with Gasteiger partial charge in [0.05, 0.1) is 13.5 Å². The maximum Gasteiger partial charge on any atom is 0.354 e. The lowest BCUT2D eigenvalue weighted by Gasteiger charge is -2.16.